The molecule has 3 N–H and O–H groups in total. The zero-order valence-electron chi connectivity index (χ0n) is 13.3. The van der Waals surface area contributed by atoms with Crippen molar-refractivity contribution in [2.45, 2.75) is 52.6 Å². The van der Waals surface area contributed by atoms with E-state index < -0.39 is 0 Å². The lowest BCUT2D eigenvalue weighted by molar-refractivity contribution is 0.0696. The van der Waals surface area contributed by atoms with Crippen LogP contribution in [0, 0.1) is 12.7 Å². The fourth-order valence-electron chi connectivity index (χ4n) is 3.12. The van der Waals surface area contributed by atoms with Gasteiger partial charge in [-0.15, -0.1) is 0 Å². The van der Waals surface area contributed by atoms with Crippen molar-refractivity contribution in [2.24, 2.45) is 5.84 Å². The number of hydrogen-bond donors (Lipinski definition) is 2. The van der Waals surface area contributed by atoms with Crippen LogP contribution in [-0.2, 0) is 0 Å². The van der Waals surface area contributed by atoms with Gasteiger partial charge in [-0.2, -0.15) is 0 Å². The van der Waals surface area contributed by atoms with Crippen molar-refractivity contribution in [3.63, 3.8) is 0 Å². The summed E-state index contributed by atoms with van der Waals surface area (Å²) in [7, 11) is 0. The van der Waals surface area contributed by atoms with Crippen molar-refractivity contribution < 1.29 is 4.39 Å². The van der Waals surface area contributed by atoms with Crippen LogP contribution >= 0.6 is 0 Å². The number of nitrogens with zero attached hydrogens (tertiary/aromatic N) is 1. The summed E-state index contributed by atoms with van der Waals surface area (Å²) in [5.74, 6) is 5.64. The van der Waals surface area contributed by atoms with Crippen molar-refractivity contribution in [1.82, 2.24) is 10.3 Å². The van der Waals surface area contributed by atoms with E-state index >= 15 is 0 Å². The molecule has 0 saturated carbocycles. The van der Waals surface area contributed by atoms with E-state index in [0.29, 0.717) is 0 Å². The Hall–Kier alpha value is -0.970. The van der Waals surface area contributed by atoms with Crippen LogP contribution in [-0.4, -0.2) is 23.5 Å². The second-order valence-corrected chi connectivity index (χ2v) is 5.48. The Morgan fingerprint density at radius 3 is 2.30 bits per heavy atom. The first-order chi connectivity index (χ1) is 9.44. The average molecular weight is 281 g/mol. The standard InChI is InChI=1S/C16H28FN3/c1-6-16(5,20(7-2)8-3)15(19-18)14-10-9-13(17)11-12(14)4/h9-11,15,19H,6-8,18H2,1-5H3. The maximum atomic E-state index is 13.3. The first kappa shape index (κ1) is 17.1. The van der Waals surface area contributed by atoms with Gasteiger partial charge in [-0.3, -0.25) is 16.2 Å². The highest BCUT2D eigenvalue weighted by atomic mass is 19.1. The van der Waals surface area contributed by atoms with E-state index in [-0.39, 0.29) is 17.4 Å². The van der Waals surface area contributed by atoms with Gasteiger partial charge in [0.15, 0.2) is 0 Å². The van der Waals surface area contributed by atoms with E-state index in [1.807, 2.05) is 13.0 Å². The van der Waals surface area contributed by atoms with Gasteiger partial charge < -0.3 is 0 Å². The van der Waals surface area contributed by atoms with Gasteiger partial charge in [-0.05, 0) is 56.6 Å². The smallest absolute Gasteiger partial charge is 0.123 e. The molecule has 2 unspecified atom stereocenters. The third-order valence-electron chi connectivity index (χ3n) is 4.53. The fourth-order valence-corrected chi connectivity index (χ4v) is 3.12. The predicted molar refractivity (Wildman–Crippen MR) is 82.8 cm³/mol. The first-order valence-corrected chi connectivity index (χ1v) is 7.41. The minimum atomic E-state index is -0.205. The van der Waals surface area contributed by atoms with Crippen LogP contribution in [0.15, 0.2) is 18.2 Å². The molecule has 0 aromatic heterocycles. The molecule has 0 bridgehead atoms. The Morgan fingerprint density at radius 2 is 1.90 bits per heavy atom. The number of nitrogens with one attached hydrogen (secondary N) is 1. The maximum absolute atomic E-state index is 13.3. The van der Waals surface area contributed by atoms with E-state index in [4.69, 9.17) is 5.84 Å². The molecule has 20 heavy (non-hydrogen) atoms. The zero-order chi connectivity index (χ0) is 15.3. The summed E-state index contributed by atoms with van der Waals surface area (Å²) in [6, 6.07) is 4.88. The molecule has 0 saturated heterocycles. The average Bonchev–Trinajstić information content (AvgIpc) is 2.43. The van der Waals surface area contributed by atoms with Crippen molar-refractivity contribution in [3.05, 3.63) is 35.1 Å². The number of nitrogens with two attached hydrogens (primary N) is 1. The number of hydrazine groups is 1. The summed E-state index contributed by atoms with van der Waals surface area (Å²) in [5, 5.41) is 0. The van der Waals surface area contributed by atoms with E-state index in [1.165, 1.54) is 6.07 Å². The maximum Gasteiger partial charge on any atom is 0.123 e. The van der Waals surface area contributed by atoms with Crippen LogP contribution in [0.5, 0.6) is 0 Å². The minimum absolute atomic E-state index is 0.0343. The Morgan fingerprint density at radius 1 is 1.30 bits per heavy atom. The molecule has 1 rings (SSSR count). The van der Waals surface area contributed by atoms with Crippen molar-refractivity contribution in [3.8, 4) is 0 Å². The van der Waals surface area contributed by atoms with E-state index in [9.17, 15) is 4.39 Å². The molecule has 0 aliphatic carbocycles. The topological polar surface area (TPSA) is 41.3 Å². The summed E-state index contributed by atoms with van der Waals surface area (Å²) in [6.45, 7) is 12.5. The molecule has 0 radical (unpaired) electrons. The highest BCUT2D eigenvalue weighted by Crippen LogP contribution is 2.35. The number of halogens is 1. The summed E-state index contributed by atoms with van der Waals surface area (Å²) in [6.07, 6.45) is 0.959. The SMILES string of the molecule is CCN(CC)C(C)(CC)C(NN)c1ccc(F)cc1C. The molecule has 4 heteroatoms. The monoisotopic (exact) mass is 281 g/mol. The highest BCUT2D eigenvalue weighted by molar-refractivity contribution is 5.32. The fraction of sp³-hybridized carbons (Fsp3) is 0.625. The van der Waals surface area contributed by atoms with Crippen molar-refractivity contribution >= 4 is 0 Å². The number of aryl methyl sites for hydroxylation is 1. The predicted octanol–water partition coefficient (Wildman–Crippen LogP) is 3.15. The van der Waals surface area contributed by atoms with Gasteiger partial charge in [0.25, 0.3) is 0 Å². The van der Waals surface area contributed by atoms with E-state index in [2.05, 4.69) is 38.0 Å². The van der Waals surface area contributed by atoms with Crippen LogP contribution in [0.1, 0.15) is 51.3 Å². The summed E-state index contributed by atoms with van der Waals surface area (Å²) >= 11 is 0. The van der Waals surface area contributed by atoms with Gasteiger partial charge in [0.2, 0.25) is 0 Å². The first-order valence-electron chi connectivity index (χ1n) is 7.41. The number of hydrogen-bond acceptors (Lipinski definition) is 3. The van der Waals surface area contributed by atoms with Gasteiger partial charge in [0.05, 0.1) is 6.04 Å². The van der Waals surface area contributed by atoms with E-state index in [0.717, 1.165) is 30.6 Å². The Kier molecular flexibility index (Phi) is 6.11. The summed E-state index contributed by atoms with van der Waals surface area (Å²) < 4.78 is 13.3. The van der Waals surface area contributed by atoms with Crippen LogP contribution in [0.25, 0.3) is 0 Å². The normalized spacial score (nSPS) is 16.2. The molecule has 0 aliphatic rings. The van der Waals surface area contributed by atoms with Crippen molar-refractivity contribution in [2.75, 3.05) is 13.1 Å². The molecule has 0 fully saturated rings. The Labute approximate surface area is 122 Å². The van der Waals surface area contributed by atoms with Gasteiger partial charge in [0.1, 0.15) is 5.82 Å². The largest absolute Gasteiger partial charge is 0.297 e. The molecule has 1 aromatic carbocycles. The Bertz CT molecular complexity index is 432. The molecule has 0 aliphatic heterocycles. The molecule has 0 heterocycles. The van der Waals surface area contributed by atoms with Gasteiger partial charge in [-0.25, -0.2) is 4.39 Å². The van der Waals surface area contributed by atoms with Gasteiger partial charge in [0, 0.05) is 5.54 Å². The molecule has 1 aromatic rings. The quantitative estimate of drug-likeness (QED) is 0.596. The van der Waals surface area contributed by atoms with Crippen LogP contribution in [0.3, 0.4) is 0 Å². The minimum Gasteiger partial charge on any atom is -0.297 e. The lowest BCUT2D eigenvalue weighted by atomic mass is 9.81. The summed E-state index contributed by atoms with van der Waals surface area (Å²) in [4.78, 5) is 2.40. The second kappa shape index (κ2) is 7.16. The number of benzene rings is 1. The van der Waals surface area contributed by atoms with Gasteiger partial charge in [-0.1, -0.05) is 26.8 Å². The molecule has 3 nitrogen and oxygen atoms in total. The highest BCUT2D eigenvalue weighted by Gasteiger charge is 2.38. The lowest BCUT2D eigenvalue weighted by Gasteiger charge is -2.46. The molecule has 0 spiro atoms. The molecular formula is C16H28FN3. The van der Waals surface area contributed by atoms with Crippen LogP contribution in [0.4, 0.5) is 4.39 Å². The van der Waals surface area contributed by atoms with Crippen LogP contribution < -0.4 is 11.3 Å². The van der Waals surface area contributed by atoms with Gasteiger partial charge >= 0.3 is 0 Å². The molecule has 114 valence electrons. The number of rotatable bonds is 7. The molecule has 0 amide bonds. The molecular weight excluding hydrogens is 253 g/mol. The van der Waals surface area contributed by atoms with E-state index in [1.54, 1.807) is 6.07 Å². The van der Waals surface area contributed by atoms with Crippen molar-refractivity contribution in [1.29, 1.82) is 0 Å². The summed E-state index contributed by atoms with van der Waals surface area (Å²) in [5.41, 5.74) is 4.84. The third kappa shape index (κ3) is 3.19. The Balaban J connectivity index is 3.27. The number of likely N-dealkylation sites (N-methyl/N-ethyl adjacent to an activating group) is 1. The second-order valence-electron chi connectivity index (χ2n) is 5.48. The third-order valence-corrected chi connectivity index (χ3v) is 4.53. The molecule has 2 atom stereocenters. The zero-order valence-corrected chi connectivity index (χ0v) is 13.3. The lowest BCUT2D eigenvalue weighted by Crippen LogP contribution is -2.55. The van der Waals surface area contributed by atoms with Crippen LogP contribution in [0.2, 0.25) is 0 Å².